The average molecular weight is 366 g/mol. The Morgan fingerprint density at radius 2 is 2.08 bits per heavy atom. The van der Waals surface area contributed by atoms with Gasteiger partial charge in [0.25, 0.3) is 0 Å². The summed E-state index contributed by atoms with van der Waals surface area (Å²) in [5.41, 5.74) is 0.165. The van der Waals surface area contributed by atoms with Crippen LogP contribution in [0, 0.1) is 23.2 Å². The summed E-state index contributed by atoms with van der Waals surface area (Å²) in [6, 6.07) is 0. The molecule has 0 aromatic carbocycles. The molecule has 2 saturated carbocycles. The molecule has 0 bridgehead atoms. The molecule has 2 heterocycles. The zero-order valence-electron chi connectivity index (χ0n) is 15.3. The van der Waals surface area contributed by atoms with E-state index in [-0.39, 0.29) is 35.6 Å². The molecule has 0 aromatic heterocycles. The number of fused-ring (bicyclic) bond motifs is 5. The van der Waals surface area contributed by atoms with E-state index in [1.54, 1.807) is 0 Å². The van der Waals surface area contributed by atoms with Crippen molar-refractivity contribution in [3.05, 3.63) is 11.4 Å². The van der Waals surface area contributed by atoms with Crippen molar-refractivity contribution in [2.75, 3.05) is 19.4 Å². The second-order valence-electron chi connectivity index (χ2n) is 9.42. The SMILES string of the molecule is CC12CC(O)C3C(CCC4=CC(=O)CC[PH]43C)C1CCC2C(=O)CO. The number of aliphatic hydroxyl groups excluding tert-OH is 2. The van der Waals surface area contributed by atoms with Gasteiger partial charge in [-0.3, -0.25) is 0 Å². The van der Waals surface area contributed by atoms with E-state index in [0.29, 0.717) is 30.3 Å². The summed E-state index contributed by atoms with van der Waals surface area (Å²) in [4.78, 5) is 24.2. The summed E-state index contributed by atoms with van der Waals surface area (Å²) in [5, 5.41) is 22.0. The quantitative estimate of drug-likeness (QED) is 0.736. The van der Waals surface area contributed by atoms with E-state index in [1.807, 2.05) is 6.08 Å². The third-order valence-corrected chi connectivity index (χ3v) is 13.9. The molecule has 0 spiro atoms. The van der Waals surface area contributed by atoms with E-state index >= 15 is 0 Å². The van der Waals surface area contributed by atoms with Crippen molar-refractivity contribution in [3.8, 4) is 0 Å². The van der Waals surface area contributed by atoms with Gasteiger partial charge in [0, 0.05) is 0 Å². The number of carbonyl (C=O) groups excluding carboxylic acids is 2. The predicted octanol–water partition coefficient (Wildman–Crippen LogP) is 2.36. The Kier molecular flexibility index (Phi) is 4.26. The fraction of sp³-hybridized carbons (Fsp3) is 0.800. The Morgan fingerprint density at radius 3 is 2.80 bits per heavy atom. The number of carbonyl (C=O) groups is 2. The van der Waals surface area contributed by atoms with Crippen LogP contribution >= 0.6 is 7.26 Å². The third-order valence-electron chi connectivity index (χ3n) is 8.44. The fourth-order valence-electron chi connectivity index (χ4n) is 7.33. The molecule has 2 N–H and O–H groups in total. The zero-order valence-corrected chi connectivity index (χ0v) is 16.3. The number of rotatable bonds is 2. The Hall–Kier alpha value is -0.570. The van der Waals surface area contributed by atoms with E-state index in [4.69, 9.17) is 0 Å². The molecule has 4 rings (SSSR count). The van der Waals surface area contributed by atoms with Gasteiger partial charge in [-0.2, -0.15) is 0 Å². The molecule has 0 aromatic rings. The fourth-order valence-corrected chi connectivity index (χ4v) is 12.7. The van der Waals surface area contributed by atoms with Crippen LogP contribution in [0.4, 0.5) is 0 Å². The number of Topliss-reactive ketones (excluding diaryl/α,β-unsaturated/α-hetero) is 1. The van der Waals surface area contributed by atoms with Crippen molar-refractivity contribution in [2.45, 2.75) is 57.2 Å². The molecule has 0 radical (unpaired) electrons. The first-order valence-corrected chi connectivity index (χ1v) is 12.6. The third kappa shape index (κ3) is 2.44. The summed E-state index contributed by atoms with van der Waals surface area (Å²) in [6.07, 6.45) is 7.81. The van der Waals surface area contributed by atoms with Crippen LogP contribution in [0.1, 0.15) is 45.4 Å². The van der Waals surface area contributed by atoms with Crippen LogP contribution < -0.4 is 0 Å². The normalized spacial score (nSPS) is 46.5. The van der Waals surface area contributed by atoms with Gasteiger partial charge in [0.2, 0.25) is 0 Å². The van der Waals surface area contributed by atoms with Crippen molar-refractivity contribution in [2.24, 2.45) is 23.2 Å². The zero-order chi connectivity index (χ0) is 18.0. The predicted molar refractivity (Wildman–Crippen MR) is 100 cm³/mol. The topological polar surface area (TPSA) is 74.6 Å². The van der Waals surface area contributed by atoms with Gasteiger partial charge in [-0.15, -0.1) is 0 Å². The molecular weight excluding hydrogens is 335 g/mol. The molecule has 2 aliphatic heterocycles. The van der Waals surface area contributed by atoms with Crippen molar-refractivity contribution in [1.29, 1.82) is 0 Å². The average Bonchev–Trinajstić information content (AvgIpc) is 2.91. The molecule has 3 fully saturated rings. The summed E-state index contributed by atoms with van der Waals surface area (Å²) in [6.45, 7) is 4.19. The number of ketones is 2. The minimum absolute atomic E-state index is 0.0428. The summed E-state index contributed by atoms with van der Waals surface area (Å²) < 4.78 is 0. The Balaban J connectivity index is 1.70. The van der Waals surface area contributed by atoms with Gasteiger partial charge in [-0.25, -0.2) is 0 Å². The minimum atomic E-state index is -1.81. The Morgan fingerprint density at radius 1 is 1.32 bits per heavy atom. The van der Waals surface area contributed by atoms with Crippen molar-refractivity contribution >= 4 is 18.8 Å². The standard InChI is InChI=1S/C20H31O4P/c1-20-10-17(23)19-14(15(20)5-6-16(20)18(24)11-21)4-3-13-9-12(22)7-8-25(13,19)2/h9,14-17,19,21,23,25H,3-8,10-11H2,1-2H3. The number of hydrogen-bond acceptors (Lipinski definition) is 4. The van der Waals surface area contributed by atoms with Gasteiger partial charge < -0.3 is 0 Å². The van der Waals surface area contributed by atoms with E-state index in [9.17, 15) is 19.8 Å². The molecule has 25 heavy (non-hydrogen) atoms. The molecule has 4 aliphatic rings. The molecule has 4 nitrogen and oxygen atoms in total. The number of aliphatic hydroxyl groups is 2. The van der Waals surface area contributed by atoms with Crippen LogP contribution in [0.5, 0.6) is 0 Å². The first kappa shape index (κ1) is 17.8. The second kappa shape index (κ2) is 5.97. The first-order valence-electron chi connectivity index (χ1n) is 9.87. The van der Waals surface area contributed by atoms with Gasteiger partial charge in [0.05, 0.1) is 0 Å². The van der Waals surface area contributed by atoms with Gasteiger partial charge in [-0.1, -0.05) is 0 Å². The monoisotopic (exact) mass is 366 g/mol. The van der Waals surface area contributed by atoms with Crippen LogP contribution in [-0.2, 0) is 9.59 Å². The van der Waals surface area contributed by atoms with E-state index in [0.717, 1.165) is 31.8 Å². The molecule has 5 heteroatoms. The number of hydrogen-bond donors (Lipinski definition) is 2. The molecule has 2 aliphatic carbocycles. The van der Waals surface area contributed by atoms with Gasteiger partial charge in [0.15, 0.2) is 0 Å². The van der Waals surface area contributed by atoms with Crippen molar-refractivity contribution in [1.82, 2.24) is 0 Å². The van der Waals surface area contributed by atoms with E-state index < -0.39 is 7.26 Å². The Labute approximate surface area is 150 Å². The van der Waals surface area contributed by atoms with Gasteiger partial charge in [0.1, 0.15) is 0 Å². The summed E-state index contributed by atoms with van der Waals surface area (Å²) in [5.74, 6) is 1.08. The first-order chi connectivity index (χ1) is 11.8. The molecule has 6 unspecified atom stereocenters. The van der Waals surface area contributed by atoms with Crippen LogP contribution in [0.25, 0.3) is 0 Å². The maximum atomic E-state index is 12.3. The van der Waals surface area contributed by atoms with Gasteiger partial charge in [-0.05, 0) is 0 Å². The van der Waals surface area contributed by atoms with Crippen molar-refractivity contribution < 1.29 is 19.8 Å². The summed E-state index contributed by atoms with van der Waals surface area (Å²) >= 11 is 0. The van der Waals surface area contributed by atoms with Crippen LogP contribution in [0.2, 0.25) is 0 Å². The molecule has 6 atom stereocenters. The second-order valence-corrected chi connectivity index (χ2v) is 14.1. The molecule has 0 amide bonds. The molecule has 1 saturated heterocycles. The number of allylic oxidation sites excluding steroid dienone is 2. The summed E-state index contributed by atoms with van der Waals surface area (Å²) in [7, 11) is -1.81. The maximum absolute atomic E-state index is 12.3. The van der Waals surface area contributed by atoms with E-state index in [2.05, 4.69) is 13.6 Å². The van der Waals surface area contributed by atoms with E-state index in [1.165, 1.54) is 5.31 Å². The Bertz CT molecular complexity index is 644. The van der Waals surface area contributed by atoms with Crippen LogP contribution in [0.15, 0.2) is 11.4 Å². The van der Waals surface area contributed by atoms with Crippen LogP contribution in [-0.4, -0.2) is 53.0 Å². The van der Waals surface area contributed by atoms with Crippen molar-refractivity contribution in [3.63, 3.8) is 0 Å². The molecule has 140 valence electrons. The van der Waals surface area contributed by atoms with Crippen LogP contribution in [0.3, 0.4) is 0 Å². The van der Waals surface area contributed by atoms with Gasteiger partial charge >= 0.3 is 150 Å². The molecular formula is C20H31O4P.